The van der Waals surface area contributed by atoms with Gasteiger partial charge in [0.15, 0.2) is 0 Å². The molecule has 2 saturated heterocycles. The molecule has 1 aromatic heterocycles. The highest BCUT2D eigenvalue weighted by Gasteiger charge is 2.47. The van der Waals surface area contributed by atoms with Gasteiger partial charge >= 0.3 is 0 Å². The number of aliphatic hydroxyl groups is 1. The predicted octanol–water partition coefficient (Wildman–Crippen LogP) is 2.95. The molecule has 4 rings (SSSR count). The van der Waals surface area contributed by atoms with Crippen LogP contribution in [0.15, 0.2) is 29.8 Å². The van der Waals surface area contributed by atoms with Gasteiger partial charge in [-0.3, -0.25) is 14.3 Å². The molecule has 1 N–H and O–H groups in total. The third kappa shape index (κ3) is 4.15. The number of ketones is 1. The first kappa shape index (κ1) is 23.0. The van der Waals surface area contributed by atoms with E-state index in [1.165, 1.54) is 6.42 Å². The predicted molar refractivity (Wildman–Crippen MR) is 125 cm³/mol. The Kier molecular flexibility index (Phi) is 6.56. The quantitative estimate of drug-likeness (QED) is 0.412. The number of likely N-dealkylation sites (tertiary alicyclic amines) is 2. The number of rotatable bonds is 6. The molecule has 2 aliphatic rings. The van der Waals surface area contributed by atoms with E-state index in [0.29, 0.717) is 35.7 Å². The van der Waals surface area contributed by atoms with E-state index in [9.17, 15) is 14.7 Å². The molecule has 1 amide bonds. The molecule has 1 unspecified atom stereocenters. The second kappa shape index (κ2) is 9.39. The number of amides is 1. The van der Waals surface area contributed by atoms with Gasteiger partial charge in [0.25, 0.3) is 11.7 Å². The Morgan fingerprint density at radius 1 is 1.12 bits per heavy atom. The molecule has 2 aliphatic heterocycles. The Morgan fingerprint density at radius 2 is 1.82 bits per heavy atom. The normalized spacial score (nSPS) is 21.1. The molecule has 0 saturated carbocycles. The van der Waals surface area contributed by atoms with Crippen molar-refractivity contribution in [1.82, 2.24) is 19.6 Å². The van der Waals surface area contributed by atoms with Gasteiger partial charge in [-0.1, -0.05) is 24.6 Å². The molecule has 0 bridgehead atoms. The first-order valence-electron chi connectivity index (χ1n) is 11.5. The van der Waals surface area contributed by atoms with E-state index in [1.807, 2.05) is 25.1 Å². The molecule has 0 aliphatic carbocycles. The number of aryl methyl sites for hydroxylation is 2. The number of aliphatic hydroxyl groups excluding tert-OH is 1. The van der Waals surface area contributed by atoms with Gasteiger partial charge < -0.3 is 19.6 Å². The van der Waals surface area contributed by atoms with Crippen LogP contribution in [0.25, 0.3) is 5.76 Å². The SMILES string of the molecule is COc1ccccc1C1/C(=C(\O)c2c(C)nn(C)c2C)C(=O)C(=O)N1CCN1CCCCC1. The summed E-state index contributed by atoms with van der Waals surface area (Å²) in [4.78, 5) is 30.5. The van der Waals surface area contributed by atoms with E-state index in [4.69, 9.17) is 4.74 Å². The molecule has 8 heteroatoms. The molecule has 1 aromatic carbocycles. The summed E-state index contributed by atoms with van der Waals surface area (Å²) in [6, 6.07) is 6.62. The summed E-state index contributed by atoms with van der Waals surface area (Å²) in [5.74, 6) is -0.890. The van der Waals surface area contributed by atoms with Gasteiger partial charge in [-0.05, 0) is 45.8 Å². The Balaban J connectivity index is 1.82. The maximum absolute atomic E-state index is 13.3. The number of carbonyl (C=O) groups excluding carboxylic acids is 2. The zero-order chi connectivity index (χ0) is 23.7. The van der Waals surface area contributed by atoms with Crippen LogP contribution in [0.1, 0.15) is 47.8 Å². The van der Waals surface area contributed by atoms with E-state index in [2.05, 4.69) is 10.00 Å². The number of benzene rings is 1. The fourth-order valence-corrected chi connectivity index (χ4v) is 5.01. The van der Waals surface area contributed by atoms with Crippen LogP contribution in [0.5, 0.6) is 5.75 Å². The van der Waals surface area contributed by atoms with Gasteiger partial charge in [-0.2, -0.15) is 5.10 Å². The lowest BCUT2D eigenvalue weighted by molar-refractivity contribution is -0.140. The molecule has 2 aromatic rings. The van der Waals surface area contributed by atoms with Crippen LogP contribution >= 0.6 is 0 Å². The molecule has 8 nitrogen and oxygen atoms in total. The Morgan fingerprint density at radius 3 is 2.45 bits per heavy atom. The van der Waals surface area contributed by atoms with Crippen LogP contribution < -0.4 is 4.74 Å². The first-order valence-corrected chi connectivity index (χ1v) is 11.5. The highest BCUT2D eigenvalue weighted by Crippen LogP contribution is 2.43. The molecule has 0 spiro atoms. The minimum atomic E-state index is -0.732. The summed E-state index contributed by atoms with van der Waals surface area (Å²) in [5, 5.41) is 15.8. The number of methoxy groups -OCH3 is 1. The minimum Gasteiger partial charge on any atom is -0.507 e. The number of carbonyl (C=O) groups is 2. The highest BCUT2D eigenvalue weighted by molar-refractivity contribution is 6.46. The number of hydrogen-bond acceptors (Lipinski definition) is 6. The van der Waals surface area contributed by atoms with Gasteiger partial charge in [0.2, 0.25) is 0 Å². The van der Waals surface area contributed by atoms with Crippen molar-refractivity contribution >= 4 is 17.4 Å². The molecule has 3 heterocycles. The second-order valence-electron chi connectivity index (χ2n) is 8.81. The van der Waals surface area contributed by atoms with Crippen molar-refractivity contribution in [2.45, 2.75) is 39.2 Å². The Hall–Kier alpha value is -3.13. The summed E-state index contributed by atoms with van der Waals surface area (Å²) in [6.45, 7) is 6.69. The molecule has 176 valence electrons. The van der Waals surface area contributed by atoms with E-state index in [1.54, 1.807) is 36.7 Å². The lowest BCUT2D eigenvalue weighted by atomic mass is 9.94. The number of ether oxygens (including phenoxy) is 1. The lowest BCUT2D eigenvalue weighted by Crippen LogP contribution is -2.40. The summed E-state index contributed by atoms with van der Waals surface area (Å²) in [5.41, 5.74) is 2.58. The maximum atomic E-state index is 13.3. The second-order valence-corrected chi connectivity index (χ2v) is 8.81. The zero-order valence-corrected chi connectivity index (χ0v) is 19.8. The van der Waals surface area contributed by atoms with Crippen molar-refractivity contribution in [2.24, 2.45) is 7.05 Å². The van der Waals surface area contributed by atoms with Gasteiger partial charge in [0.1, 0.15) is 11.5 Å². The van der Waals surface area contributed by atoms with Crippen LogP contribution in [0, 0.1) is 13.8 Å². The van der Waals surface area contributed by atoms with Gasteiger partial charge in [0.05, 0.1) is 30.0 Å². The molecular weight excluding hydrogens is 420 g/mol. The first-order chi connectivity index (χ1) is 15.8. The molecule has 2 fully saturated rings. The Bertz CT molecular complexity index is 1100. The standard InChI is InChI=1S/C25H32N4O4/c1-16-20(17(2)27(3)26-16)23(30)21-22(18-10-6-7-11-19(18)33-4)29(25(32)24(21)31)15-14-28-12-8-5-9-13-28/h6-7,10-11,22,30H,5,8-9,12-15H2,1-4H3/b23-21+. The zero-order valence-electron chi connectivity index (χ0n) is 19.8. The molecule has 1 atom stereocenters. The van der Waals surface area contributed by atoms with Crippen molar-refractivity contribution < 1.29 is 19.4 Å². The van der Waals surface area contributed by atoms with Crippen molar-refractivity contribution in [3.63, 3.8) is 0 Å². The number of hydrogen-bond donors (Lipinski definition) is 1. The van der Waals surface area contributed by atoms with Crippen molar-refractivity contribution in [1.29, 1.82) is 0 Å². The fourth-order valence-electron chi connectivity index (χ4n) is 5.01. The van der Waals surface area contributed by atoms with Crippen molar-refractivity contribution in [3.8, 4) is 5.75 Å². The van der Waals surface area contributed by atoms with Crippen LogP contribution in [0.3, 0.4) is 0 Å². The summed E-state index contributed by atoms with van der Waals surface area (Å²) < 4.78 is 7.24. The molecular formula is C25H32N4O4. The van der Waals surface area contributed by atoms with Crippen LogP contribution in [0.2, 0.25) is 0 Å². The summed E-state index contributed by atoms with van der Waals surface area (Å²) in [6.07, 6.45) is 3.52. The Labute approximate surface area is 194 Å². The number of para-hydroxylation sites is 1. The molecule has 33 heavy (non-hydrogen) atoms. The van der Waals surface area contributed by atoms with Crippen molar-refractivity contribution in [2.75, 3.05) is 33.3 Å². The smallest absolute Gasteiger partial charge is 0.295 e. The number of nitrogens with zero attached hydrogens (tertiary/aromatic N) is 4. The third-order valence-electron chi connectivity index (χ3n) is 6.83. The van der Waals surface area contributed by atoms with Gasteiger partial charge in [-0.25, -0.2) is 0 Å². The highest BCUT2D eigenvalue weighted by atomic mass is 16.5. The van der Waals surface area contributed by atoms with E-state index in [0.717, 1.165) is 31.6 Å². The molecule has 0 radical (unpaired) electrons. The van der Waals surface area contributed by atoms with Gasteiger partial charge in [0, 0.05) is 31.4 Å². The number of Topliss-reactive ketones (excluding diaryl/α,β-unsaturated/α-hetero) is 1. The van der Waals surface area contributed by atoms with E-state index < -0.39 is 17.7 Å². The average molecular weight is 453 g/mol. The van der Waals surface area contributed by atoms with Crippen molar-refractivity contribution in [3.05, 3.63) is 52.4 Å². The fraction of sp³-hybridized carbons (Fsp3) is 0.480. The van der Waals surface area contributed by atoms with Gasteiger partial charge in [-0.15, -0.1) is 0 Å². The summed E-state index contributed by atoms with van der Waals surface area (Å²) >= 11 is 0. The average Bonchev–Trinajstić information content (AvgIpc) is 3.23. The van der Waals surface area contributed by atoms with Crippen LogP contribution in [-0.2, 0) is 16.6 Å². The number of piperidine rings is 1. The van der Waals surface area contributed by atoms with Crippen LogP contribution in [-0.4, -0.2) is 69.7 Å². The third-order valence-corrected chi connectivity index (χ3v) is 6.83. The van der Waals surface area contributed by atoms with E-state index in [-0.39, 0.29) is 11.3 Å². The number of aromatic nitrogens is 2. The maximum Gasteiger partial charge on any atom is 0.295 e. The largest absolute Gasteiger partial charge is 0.507 e. The topological polar surface area (TPSA) is 87.9 Å². The van der Waals surface area contributed by atoms with E-state index >= 15 is 0 Å². The monoisotopic (exact) mass is 452 g/mol. The lowest BCUT2D eigenvalue weighted by Gasteiger charge is -2.31. The minimum absolute atomic E-state index is 0.0855. The van der Waals surface area contributed by atoms with Crippen LogP contribution in [0.4, 0.5) is 0 Å². The summed E-state index contributed by atoms with van der Waals surface area (Å²) in [7, 11) is 3.35.